The van der Waals surface area contributed by atoms with Crippen LogP contribution in [0.1, 0.15) is 5.69 Å². The molecular weight excluding hydrogens is 229 g/mol. The summed E-state index contributed by atoms with van der Waals surface area (Å²) >= 11 is 9.17. The first-order chi connectivity index (χ1) is 5.79. The Labute approximate surface area is 131 Å². The molecule has 0 saturated heterocycles. The molecule has 0 aliphatic rings. The maximum absolute atomic E-state index is 4.95. The molecule has 1 aromatic rings. The van der Waals surface area contributed by atoms with E-state index in [1.807, 2.05) is 18.2 Å². The van der Waals surface area contributed by atoms with Gasteiger partial charge in [0.15, 0.2) is 0 Å². The molecule has 13 heavy (non-hydrogen) atoms. The molecule has 0 unspecified atom stereocenters. The van der Waals surface area contributed by atoms with Crippen molar-refractivity contribution in [2.75, 3.05) is 6.61 Å². The second-order valence-electron chi connectivity index (χ2n) is 2.17. The van der Waals surface area contributed by atoms with E-state index in [1.54, 1.807) is 6.20 Å². The Morgan fingerprint density at radius 2 is 2.31 bits per heavy atom. The predicted octanol–water partition coefficient (Wildman–Crippen LogP) is -1.52. The first-order valence-electron chi connectivity index (χ1n) is 3.53. The van der Waals surface area contributed by atoms with E-state index in [0.29, 0.717) is 6.61 Å². The van der Waals surface area contributed by atoms with Crippen molar-refractivity contribution in [2.24, 2.45) is 0 Å². The maximum Gasteiger partial charge on any atom is 1.00 e. The van der Waals surface area contributed by atoms with Gasteiger partial charge in [0.1, 0.15) is 0 Å². The molecule has 1 rings (SSSR count). The number of aromatic nitrogens is 1. The molecule has 5 heteroatoms. The standard InChI is InChI=1S/C8H9NOS2.K/c11-8(12)10-6-4-7-3-1-2-5-9-7;/h1-3,5H,4,6H2,(H,11,12);/q;+1/p-1. The first kappa shape index (κ1) is 13.9. The number of pyridine rings is 1. The third-order valence-electron chi connectivity index (χ3n) is 1.30. The zero-order chi connectivity index (χ0) is 8.81. The molecule has 0 radical (unpaired) electrons. The Morgan fingerprint density at radius 3 is 2.85 bits per heavy atom. The van der Waals surface area contributed by atoms with Gasteiger partial charge >= 0.3 is 51.4 Å². The van der Waals surface area contributed by atoms with Gasteiger partial charge < -0.3 is 29.6 Å². The van der Waals surface area contributed by atoms with Crippen molar-refractivity contribution in [3.63, 3.8) is 0 Å². The fourth-order valence-corrected chi connectivity index (χ4v) is 0.952. The van der Waals surface area contributed by atoms with Crippen LogP contribution in [0.3, 0.4) is 0 Å². The summed E-state index contributed by atoms with van der Waals surface area (Å²) in [6.07, 6.45) is 2.50. The van der Waals surface area contributed by atoms with Crippen molar-refractivity contribution in [1.82, 2.24) is 4.98 Å². The van der Waals surface area contributed by atoms with Crippen LogP contribution in [0.2, 0.25) is 0 Å². The first-order valence-corrected chi connectivity index (χ1v) is 4.34. The van der Waals surface area contributed by atoms with Crippen LogP contribution in [-0.4, -0.2) is 16.0 Å². The Hall–Kier alpha value is 0.896. The fraction of sp³-hybridized carbons (Fsp3) is 0.250. The van der Waals surface area contributed by atoms with Crippen molar-refractivity contribution in [3.05, 3.63) is 30.1 Å². The largest absolute Gasteiger partial charge is 1.00 e. The quantitative estimate of drug-likeness (QED) is 0.362. The van der Waals surface area contributed by atoms with Crippen LogP contribution in [0.25, 0.3) is 0 Å². The zero-order valence-corrected chi connectivity index (χ0v) is 12.2. The molecule has 0 fully saturated rings. The van der Waals surface area contributed by atoms with Crippen molar-refractivity contribution in [2.45, 2.75) is 6.42 Å². The van der Waals surface area contributed by atoms with Gasteiger partial charge in [0, 0.05) is 22.7 Å². The van der Waals surface area contributed by atoms with Crippen LogP contribution in [0.15, 0.2) is 24.4 Å². The molecule has 0 bridgehead atoms. The topological polar surface area (TPSA) is 22.1 Å². The molecule has 0 N–H and O–H groups in total. The molecule has 0 aliphatic heterocycles. The normalized spacial score (nSPS) is 8.62. The average Bonchev–Trinajstić information content (AvgIpc) is 2.05. The van der Waals surface area contributed by atoms with Crippen molar-refractivity contribution in [3.8, 4) is 0 Å². The number of ether oxygens (including phenoxy) is 1. The van der Waals surface area contributed by atoms with Crippen molar-refractivity contribution in [1.29, 1.82) is 0 Å². The third-order valence-corrected chi connectivity index (χ3v) is 1.54. The van der Waals surface area contributed by atoms with Crippen molar-refractivity contribution < 1.29 is 56.1 Å². The maximum atomic E-state index is 4.95. The van der Waals surface area contributed by atoms with E-state index in [1.165, 1.54) is 0 Å². The van der Waals surface area contributed by atoms with Crippen LogP contribution in [0, 0.1) is 0 Å². The molecule has 1 aromatic heterocycles. The summed E-state index contributed by atoms with van der Waals surface area (Å²) < 4.78 is 5.12. The zero-order valence-electron chi connectivity index (χ0n) is 7.40. The molecule has 0 spiro atoms. The summed E-state index contributed by atoms with van der Waals surface area (Å²) in [5, 5.41) is 0. The molecular formula is C8H8KNOS2. The number of rotatable bonds is 3. The van der Waals surface area contributed by atoms with E-state index >= 15 is 0 Å². The second-order valence-corrected chi connectivity index (χ2v) is 3.17. The average molecular weight is 237 g/mol. The summed E-state index contributed by atoms with van der Waals surface area (Å²) in [5.41, 5.74) is 0.990. The van der Waals surface area contributed by atoms with Gasteiger partial charge in [-0.05, 0) is 12.1 Å². The Balaban J connectivity index is 0.00000144. The predicted molar refractivity (Wildman–Crippen MR) is 53.9 cm³/mol. The number of hydrogen-bond donors (Lipinski definition) is 0. The molecule has 0 aromatic carbocycles. The summed E-state index contributed by atoms with van der Waals surface area (Å²) in [5.74, 6) is 0. The van der Waals surface area contributed by atoms with Gasteiger partial charge in [0.2, 0.25) is 0 Å². The summed E-state index contributed by atoms with van der Waals surface area (Å²) in [4.78, 5) is 4.12. The van der Waals surface area contributed by atoms with Crippen molar-refractivity contribution >= 4 is 29.2 Å². The second kappa shape index (κ2) is 8.22. The monoisotopic (exact) mass is 237 g/mol. The van der Waals surface area contributed by atoms with Gasteiger partial charge in [-0.3, -0.25) is 4.98 Å². The van der Waals surface area contributed by atoms with Gasteiger partial charge in [0.25, 0.3) is 0 Å². The van der Waals surface area contributed by atoms with E-state index in [-0.39, 0.29) is 55.8 Å². The molecule has 0 aliphatic carbocycles. The summed E-state index contributed by atoms with van der Waals surface area (Å²) in [7, 11) is 0. The molecule has 2 nitrogen and oxygen atoms in total. The smallest absolute Gasteiger partial charge is 0.513 e. The van der Waals surface area contributed by atoms with E-state index in [2.05, 4.69) is 29.8 Å². The van der Waals surface area contributed by atoms with Crippen LogP contribution in [0.5, 0.6) is 0 Å². The number of thiocarbonyl (C=S) groups is 1. The molecule has 64 valence electrons. The van der Waals surface area contributed by atoms with Crippen LogP contribution in [0.4, 0.5) is 0 Å². The fourth-order valence-electron chi connectivity index (χ4n) is 0.785. The minimum Gasteiger partial charge on any atom is -0.513 e. The SMILES string of the molecule is S=C([S-])OCCc1ccccn1.[K+]. The van der Waals surface area contributed by atoms with Gasteiger partial charge in [-0.15, -0.1) is 0 Å². The number of hydrogen-bond acceptors (Lipinski definition) is 4. The van der Waals surface area contributed by atoms with E-state index in [9.17, 15) is 0 Å². The van der Waals surface area contributed by atoms with E-state index < -0.39 is 0 Å². The van der Waals surface area contributed by atoms with Crippen LogP contribution in [-0.2, 0) is 23.8 Å². The van der Waals surface area contributed by atoms with Crippen LogP contribution < -0.4 is 51.4 Å². The Morgan fingerprint density at radius 1 is 1.54 bits per heavy atom. The third kappa shape index (κ3) is 6.90. The van der Waals surface area contributed by atoms with Gasteiger partial charge in [-0.1, -0.05) is 6.07 Å². The van der Waals surface area contributed by atoms with Gasteiger partial charge in [-0.25, -0.2) is 0 Å². The molecule has 0 atom stereocenters. The molecule has 1 heterocycles. The van der Waals surface area contributed by atoms with E-state index in [4.69, 9.17) is 4.74 Å². The molecule has 0 amide bonds. The molecule has 0 saturated carbocycles. The summed E-state index contributed by atoms with van der Waals surface area (Å²) in [6.45, 7) is 0.513. The summed E-state index contributed by atoms with van der Waals surface area (Å²) in [6, 6.07) is 5.76. The van der Waals surface area contributed by atoms with Gasteiger partial charge in [-0.2, -0.15) is 0 Å². The number of nitrogens with zero attached hydrogens (tertiary/aromatic N) is 1. The minimum atomic E-state index is 0. The Bertz CT molecular complexity index is 256. The van der Waals surface area contributed by atoms with E-state index in [0.717, 1.165) is 12.1 Å². The Kier molecular flexibility index (Phi) is 8.79. The minimum absolute atomic E-state index is 0. The van der Waals surface area contributed by atoms with Gasteiger partial charge in [0.05, 0.1) is 6.61 Å². The van der Waals surface area contributed by atoms with Crippen LogP contribution >= 0.6 is 12.2 Å².